The maximum atomic E-state index is 13.6. The molecule has 1 saturated heterocycles. The van der Waals surface area contributed by atoms with Crippen LogP contribution in [0.5, 0.6) is 0 Å². The highest BCUT2D eigenvalue weighted by atomic mass is 32.1. The zero-order valence-corrected chi connectivity index (χ0v) is 21.1. The van der Waals surface area contributed by atoms with Gasteiger partial charge in [0.1, 0.15) is 17.3 Å². The number of hydrogen-bond acceptors (Lipinski definition) is 7. The van der Waals surface area contributed by atoms with Gasteiger partial charge in [0.05, 0.1) is 17.4 Å². The van der Waals surface area contributed by atoms with Crippen molar-refractivity contribution in [3.05, 3.63) is 65.3 Å². The molecule has 0 radical (unpaired) electrons. The third kappa shape index (κ3) is 4.13. The molecule has 0 amide bonds. The van der Waals surface area contributed by atoms with Crippen molar-refractivity contribution in [3.63, 3.8) is 0 Å². The van der Waals surface area contributed by atoms with Crippen LogP contribution in [0.3, 0.4) is 0 Å². The Labute approximate surface area is 212 Å². The number of rotatable bonds is 5. The van der Waals surface area contributed by atoms with E-state index in [1.54, 1.807) is 12.4 Å². The molecule has 0 atom stereocenters. The lowest BCUT2D eigenvalue weighted by Gasteiger charge is -2.23. The van der Waals surface area contributed by atoms with E-state index in [-0.39, 0.29) is 5.82 Å². The molecule has 6 rings (SSSR count). The average molecular weight is 503 g/mol. The summed E-state index contributed by atoms with van der Waals surface area (Å²) in [5.41, 5.74) is 11.7. The summed E-state index contributed by atoms with van der Waals surface area (Å²) in [5, 5.41) is 0.789. The van der Waals surface area contributed by atoms with Gasteiger partial charge in [0.15, 0.2) is 0 Å². The number of nitrogens with zero attached hydrogens (tertiary/aromatic N) is 5. The lowest BCUT2D eigenvalue weighted by molar-refractivity contribution is 0.0852. The van der Waals surface area contributed by atoms with Gasteiger partial charge in [0.2, 0.25) is 0 Å². The molecule has 0 bridgehead atoms. The van der Waals surface area contributed by atoms with Gasteiger partial charge in [-0.05, 0) is 56.6 Å². The van der Waals surface area contributed by atoms with Gasteiger partial charge in [0.25, 0.3) is 0 Å². The molecule has 0 aliphatic carbocycles. The largest absolute Gasteiger partial charge is 0.383 e. The normalized spacial score (nSPS) is 14.9. The van der Waals surface area contributed by atoms with Crippen LogP contribution in [0.4, 0.5) is 10.2 Å². The first-order valence-electron chi connectivity index (χ1n) is 12.0. The van der Waals surface area contributed by atoms with E-state index < -0.39 is 0 Å². The Morgan fingerprint density at radius 2 is 1.94 bits per heavy atom. The number of nitrogens with two attached hydrogens (primary N) is 1. The fourth-order valence-electron chi connectivity index (χ4n) is 4.97. The maximum absolute atomic E-state index is 13.6. The standard InChI is InChI=1S/C27H27FN6OS/c1-33(2)15-24-19(16-4-7-35-8-5-16)11-23(36-24)21-13-32-27(29)20-9-17(12-31-26(20)21)22-14-30-25-10-18(28)3-6-34(22)25/h3,6,9-14,16H,4-5,7-8,15H2,1-2H3,(H2,29,32). The van der Waals surface area contributed by atoms with E-state index in [0.717, 1.165) is 65.2 Å². The Kier molecular flexibility index (Phi) is 5.91. The van der Waals surface area contributed by atoms with E-state index in [4.69, 9.17) is 15.5 Å². The molecule has 0 spiro atoms. The summed E-state index contributed by atoms with van der Waals surface area (Å²) in [7, 11) is 4.20. The van der Waals surface area contributed by atoms with E-state index in [9.17, 15) is 4.39 Å². The predicted octanol–water partition coefficient (Wildman–Crippen LogP) is 5.35. The molecule has 9 heteroatoms. The molecular weight excluding hydrogens is 475 g/mol. The number of halogens is 1. The number of hydrogen-bond donors (Lipinski definition) is 1. The summed E-state index contributed by atoms with van der Waals surface area (Å²) in [6, 6.07) is 7.14. The summed E-state index contributed by atoms with van der Waals surface area (Å²) < 4.78 is 21.1. The van der Waals surface area contributed by atoms with E-state index in [1.807, 2.05) is 34.2 Å². The first-order chi connectivity index (χ1) is 17.5. The quantitative estimate of drug-likeness (QED) is 0.349. The topological polar surface area (TPSA) is 81.6 Å². The van der Waals surface area contributed by atoms with Crippen molar-refractivity contribution in [1.82, 2.24) is 24.3 Å². The smallest absolute Gasteiger partial charge is 0.140 e. The van der Waals surface area contributed by atoms with Gasteiger partial charge < -0.3 is 15.4 Å². The van der Waals surface area contributed by atoms with Gasteiger partial charge in [-0.15, -0.1) is 11.3 Å². The highest BCUT2D eigenvalue weighted by Crippen LogP contribution is 2.41. The molecule has 1 fully saturated rings. The lowest BCUT2D eigenvalue weighted by atomic mass is 9.91. The Hall–Kier alpha value is -3.40. The number of pyridine rings is 3. The van der Waals surface area contributed by atoms with Crippen molar-refractivity contribution in [3.8, 4) is 21.7 Å². The number of imidazole rings is 1. The second kappa shape index (κ2) is 9.24. The average Bonchev–Trinajstić information content (AvgIpc) is 3.48. The highest BCUT2D eigenvalue weighted by molar-refractivity contribution is 7.15. The van der Waals surface area contributed by atoms with Gasteiger partial charge >= 0.3 is 0 Å². The first-order valence-corrected chi connectivity index (χ1v) is 12.8. The van der Waals surface area contributed by atoms with E-state index in [2.05, 4.69) is 35.0 Å². The first kappa shape index (κ1) is 23.0. The molecule has 184 valence electrons. The fourth-order valence-corrected chi connectivity index (χ4v) is 6.35. The summed E-state index contributed by atoms with van der Waals surface area (Å²) in [5.74, 6) is 0.614. The summed E-state index contributed by atoms with van der Waals surface area (Å²) in [6.07, 6.45) is 9.14. The van der Waals surface area contributed by atoms with Crippen molar-refractivity contribution in [2.24, 2.45) is 0 Å². The molecule has 0 saturated carbocycles. The third-order valence-electron chi connectivity index (χ3n) is 6.75. The summed E-state index contributed by atoms with van der Waals surface area (Å²) in [6.45, 7) is 2.51. The van der Waals surface area contributed by atoms with Gasteiger partial charge in [-0.2, -0.15) is 0 Å². The highest BCUT2D eigenvalue weighted by Gasteiger charge is 2.23. The summed E-state index contributed by atoms with van der Waals surface area (Å²) in [4.78, 5) is 18.5. The lowest BCUT2D eigenvalue weighted by Crippen LogP contribution is -2.16. The van der Waals surface area contributed by atoms with Crippen molar-refractivity contribution >= 4 is 33.7 Å². The molecule has 5 aromatic rings. The maximum Gasteiger partial charge on any atom is 0.140 e. The zero-order valence-electron chi connectivity index (χ0n) is 20.2. The van der Waals surface area contributed by atoms with Crippen LogP contribution in [0.15, 0.2) is 49.1 Å². The Morgan fingerprint density at radius 1 is 1.11 bits per heavy atom. The van der Waals surface area contributed by atoms with E-state index in [1.165, 1.54) is 22.6 Å². The molecule has 5 aromatic heterocycles. The number of ether oxygens (including phenoxy) is 1. The fraction of sp³-hybridized carbons (Fsp3) is 0.296. The van der Waals surface area contributed by atoms with Crippen LogP contribution in [0, 0.1) is 5.82 Å². The van der Waals surface area contributed by atoms with Gasteiger partial charge in [-0.3, -0.25) is 9.38 Å². The van der Waals surface area contributed by atoms with Crippen molar-refractivity contribution in [2.45, 2.75) is 25.3 Å². The van der Waals surface area contributed by atoms with Crippen molar-refractivity contribution < 1.29 is 9.13 Å². The molecule has 0 unspecified atom stereocenters. The Morgan fingerprint density at radius 3 is 2.75 bits per heavy atom. The molecule has 0 aromatic carbocycles. The monoisotopic (exact) mass is 502 g/mol. The van der Waals surface area contributed by atoms with Crippen LogP contribution in [0.2, 0.25) is 0 Å². The van der Waals surface area contributed by atoms with Crippen LogP contribution in [-0.4, -0.2) is 51.6 Å². The second-order valence-electron chi connectivity index (χ2n) is 9.51. The van der Waals surface area contributed by atoms with E-state index >= 15 is 0 Å². The molecule has 7 nitrogen and oxygen atoms in total. The molecule has 1 aliphatic rings. The number of thiophene rings is 1. The number of fused-ring (bicyclic) bond motifs is 2. The minimum Gasteiger partial charge on any atom is -0.383 e. The SMILES string of the molecule is CN(C)Cc1sc(-c2cnc(N)c3cc(-c4cnc5cc(F)ccn45)cnc23)cc1C1CCOCC1. The molecule has 36 heavy (non-hydrogen) atoms. The summed E-state index contributed by atoms with van der Waals surface area (Å²) >= 11 is 1.81. The van der Waals surface area contributed by atoms with Crippen LogP contribution in [0.1, 0.15) is 29.2 Å². The van der Waals surface area contributed by atoms with Crippen LogP contribution >= 0.6 is 11.3 Å². The second-order valence-corrected chi connectivity index (χ2v) is 10.6. The minimum atomic E-state index is -0.320. The van der Waals surface area contributed by atoms with Gasteiger partial charge in [-0.1, -0.05) is 0 Å². The molecule has 6 heterocycles. The molecular formula is C27H27FN6OS. The van der Waals surface area contributed by atoms with Crippen LogP contribution in [-0.2, 0) is 11.3 Å². The third-order valence-corrected chi connectivity index (χ3v) is 7.92. The number of aromatic nitrogens is 4. The minimum absolute atomic E-state index is 0.320. The molecule has 2 N–H and O–H groups in total. The Balaban J connectivity index is 1.46. The Bertz CT molecular complexity index is 1570. The van der Waals surface area contributed by atoms with E-state index in [0.29, 0.717) is 17.4 Å². The van der Waals surface area contributed by atoms with Gasteiger partial charge in [0, 0.05) is 70.7 Å². The number of nitrogen functional groups attached to an aromatic ring is 1. The molecule has 1 aliphatic heterocycles. The number of anilines is 1. The predicted molar refractivity (Wildman–Crippen MR) is 142 cm³/mol. The van der Waals surface area contributed by atoms with Crippen molar-refractivity contribution in [2.75, 3.05) is 33.0 Å². The van der Waals surface area contributed by atoms with Gasteiger partial charge in [-0.25, -0.2) is 14.4 Å². The van der Waals surface area contributed by atoms with Crippen LogP contribution < -0.4 is 5.73 Å². The van der Waals surface area contributed by atoms with Crippen molar-refractivity contribution in [1.29, 1.82) is 0 Å². The van der Waals surface area contributed by atoms with Crippen LogP contribution in [0.25, 0.3) is 38.2 Å². The zero-order chi connectivity index (χ0) is 24.8.